The van der Waals surface area contributed by atoms with E-state index in [1.54, 1.807) is 0 Å². The number of carbonyl (C=O) groups excluding carboxylic acids is 1. The molecule has 0 fully saturated rings. The SMILES string of the molecule is CC/C=C\C/C=C\C/C=C\C/C=C\C/C=C\CCCCCCCCCC(=O)OC(CO)COCCCCCCCCCCCCCCCCCCCCCCCC. The van der Waals surface area contributed by atoms with Gasteiger partial charge in [0.1, 0.15) is 6.10 Å². The van der Waals surface area contributed by atoms with E-state index in [1.165, 1.54) is 167 Å². The number of unbranched alkanes of at least 4 members (excludes halogenated alkanes) is 28. The summed E-state index contributed by atoms with van der Waals surface area (Å²) < 4.78 is 11.2. The normalized spacial score (nSPS) is 12.8. The summed E-state index contributed by atoms with van der Waals surface area (Å²) in [5.74, 6) is -0.209. The van der Waals surface area contributed by atoms with Gasteiger partial charge in [-0.15, -0.1) is 0 Å². The van der Waals surface area contributed by atoms with Gasteiger partial charge in [0, 0.05) is 13.0 Å². The Labute approximate surface area is 355 Å². The van der Waals surface area contributed by atoms with Gasteiger partial charge in [-0.25, -0.2) is 0 Å². The third kappa shape index (κ3) is 48.4. The highest BCUT2D eigenvalue weighted by Gasteiger charge is 2.13. The standard InChI is InChI=1S/C53H96O4/c1-3-5-7-9-11-13-15-17-19-21-23-25-27-28-30-32-34-36-38-40-42-44-46-48-53(55)57-52(50-54)51-56-49-47-45-43-41-39-37-35-33-31-29-26-24-22-20-18-16-14-12-10-8-6-4-2/h5,7,11,13,17,19,23,25,28,30,52,54H,3-4,6,8-10,12,14-16,18,20-22,24,26-27,29,31-51H2,1-2H3/b7-5-,13-11-,19-17-,25-23-,30-28-. The van der Waals surface area contributed by atoms with Gasteiger partial charge in [0.15, 0.2) is 0 Å². The lowest BCUT2D eigenvalue weighted by Crippen LogP contribution is -2.27. The first-order chi connectivity index (χ1) is 28.2. The van der Waals surface area contributed by atoms with Crippen LogP contribution in [0, 0.1) is 0 Å². The fourth-order valence-corrected chi connectivity index (χ4v) is 7.18. The number of carbonyl (C=O) groups is 1. The number of allylic oxidation sites excluding steroid dienone is 10. The molecule has 332 valence electrons. The number of hydrogen-bond acceptors (Lipinski definition) is 4. The summed E-state index contributed by atoms with van der Waals surface area (Å²) in [6.07, 6.45) is 67.3. The topological polar surface area (TPSA) is 55.8 Å². The summed E-state index contributed by atoms with van der Waals surface area (Å²) in [6, 6.07) is 0. The Hall–Kier alpha value is -1.91. The molecule has 57 heavy (non-hydrogen) atoms. The zero-order valence-electron chi connectivity index (χ0n) is 38.1. The van der Waals surface area contributed by atoms with E-state index in [2.05, 4.69) is 74.6 Å². The number of esters is 1. The lowest BCUT2D eigenvalue weighted by Gasteiger charge is -2.16. The predicted octanol–water partition coefficient (Wildman–Crippen LogP) is 16.8. The van der Waals surface area contributed by atoms with Gasteiger partial charge in [-0.2, -0.15) is 0 Å². The van der Waals surface area contributed by atoms with Crippen LogP contribution in [0.1, 0.15) is 245 Å². The summed E-state index contributed by atoms with van der Waals surface area (Å²) >= 11 is 0. The predicted molar refractivity (Wildman–Crippen MR) is 251 cm³/mol. The largest absolute Gasteiger partial charge is 0.457 e. The second-order valence-corrected chi connectivity index (χ2v) is 16.5. The molecule has 0 aromatic rings. The van der Waals surface area contributed by atoms with Gasteiger partial charge in [0.05, 0.1) is 13.2 Å². The van der Waals surface area contributed by atoms with E-state index in [0.717, 1.165) is 57.8 Å². The summed E-state index contributed by atoms with van der Waals surface area (Å²) in [5.41, 5.74) is 0. The Morgan fingerprint density at radius 2 is 0.789 bits per heavy atom. The maximum absolute atomic E-state index is 12.3. The summed E-state index contributed by atoms with van der Waals surface area (Å²) in [6.45, 7) is 5.25. The second kappa shape index (κ2) is 50.2. The molecule has 0 amide bonds. The lowest BCUT2D eigenvalue weighted by atomic mass is 10.0. The molecule has 4 nitrogen and oxygen atoms in total. The van der Waals surface area contributed by atoms with Crippen molar-refractivity contribution in [1.82, 2.24) is 0 Å². The second-order valence-electron chi connectivity index (χ2n) is 16.5. The van der Waals surface area contributed by atoms with Crippen molar-refractivity contribution in [1.29, 1.82) is 0 Å². The highest BCUT2D eigenvalue weighted by molar-refractivity contribution is 5.69. The summed E-state index contributed by atoms with van der Waals surface area (Å²) in [4.78, 5) is 12.3. The fraction of sp³-hybridized carbons (Fsp3) is 0.792. The molecule has 1 atom stereocenters. The van der Waals surface area contributed by atoms with Gasteiger partial charge in [-0.3, -0.25) is 4.79 Å². The van der Waals surface area contributed by atoms with Crippen LogP contribution < -0.4 is 0 Å². The number of ether oxygens (including phenoxy) is 2. The fourth-order valence-electron chi connectivity index (χ4n) is 7.18. The Morgan fingerprint density at radius 1 is 0.439 bits per heavy atom. The lowest BCUT2D eigenvalue weighted by molar-refractivity contribution is -0.154. The first-order valence-corrected chi connectivity index (χ1v) is 24.9. The van der Waals surface area contributed by atoms with Crippen LogP contribution in [0.5, 0.6) is 0 Å². The number of aliphatic hydroxyl groups excluding tert-OH is 1. The average molecular weight is 797 g/mol. The third-order valence-corrected chi connectivity index (χ3v) is 10.9. The van der Waals surface area contributed by atoms with E-state index < -0.39 is 6.10 Å². The van der Waals surface area contributed by atoms with E-state index in [-0.39, 0.29) is 12.6 Å². The molecule has 4 heteroatoms. The van der Waals surface area contributed by atoms with Crippen molar-refractivity contribution < 1.29 is 19.4 Å². The van der Waals surface area contributed by atoms with Crippen LogP contribution in [0.4, 0.5) is 0 Å². The Kier molecular flexibility index (Phi) is 48.6. The van der Waals surface area contributed by atoms with Crippen molar-refractivity contribution in [3.63, 3.8) is 0 Å². The average Bonchev–Trinajstić information content (AvgIpc) is 3.22. The highest BCUT2D eigenvalue weighted by Crippen LogP contribution is 2.16. The molecule has 0 saturated heterocycles. The number of aliphatic hydroxyl groups is 1. The van der Waals surface area contributed by atoms with Crippen LogP contribution in [0.3, 0.4) is 0 Å². The van der Waals surface area contributed by atoms with Crippen LogP contribution in [0.25, 0.3) is 0 Å². The van der Waals surface area contributed by atoms with E-state index in [1.807, 2.05) is 0 Å². The minimum absolute atomic E-state index is 0.176. The van der Waals surface area contributed by atoms with Crippen LogP contribution >= 0.6 is 0 Å². The van der Waals surface area contributed by atoms with Crippen molar-refractivity contribution in [2.24, 2.45) is 0 Å². The van der Waals surface area contributed by atoms with Gasteiger partial charge >= 0.3 is 5.97 Å². The minimum atomic E-state index is -0.541. The Bertz CT molecular complexity index is 931. The molecular weight excluding hydrogens is 701 g/mol. The van der Waals surface area contributed by atoms with Crippen LogP contribution in [-0.4, -0.2) is 37.0 Å². The van der Waals surface area contributed by atoms with E-state index >= 15 is 0 Å². The van der Waals surface area contributed by atoms with Gasteiger partial charge in [0.2, 0.25) is 0 Å². The molecule has 0 heterocycles. The first kappa shape index (κ1) is 55.1. The molecular formula is C53H96O4. The monoisotopic (exact) mass is 797 g/mol. The maximum atomic E-state index is 12.3. The first-order valence-electron chi connectivity index (χ1n) is 24.9. The smallest absolute Gasteiger partial charge is 0.306 e. The molecule has 0 radical (unpaired) electrons. The molecule has 0 saturated carbocycles. The summed E-state index contributed by atoms with van der Waals surface area (Å²) in [7, 11) is 0. The van der Waals surface area contributed by atoms with Crippen molar-refractivity contribution >= 4 is 5.97 Å². The Balaban J connectivity index is 3.43. The van der Waals surface area contributed by atoms with Crippen molar-refractivity contribution in [2.45, 2.75) is 251 Å². The quantitative estimate of drug-likeness (QED) is 0.0379. The van der Waals surface area contributed by atoms with Crippen molar-refractivity contribution in [3.05, 3.63) is 60.8 Å². The molecule has 0 aliphatic carbocycles. The highest BCUT2D eigenvalue weighted by atomic mass is 16.6. The zero-order valence-corrected chi connectivity index (χ0v) is 38.1. The van der Waals surface area contributed by atoms with Gasteiger partial charge in [-0.05, 0) is 57.8 Å². The molecule has 0 spiro atoms. The zero-order chi connectivity index (χ0) is 41.2. The van der Waals surface area contributed by atoms with E-state index in [9.17, 15) is 9.90 Å². The maximum Gasteiger partial charge on any atom is 0.306 e. The molecule has 0 bridgehead atoms. The third-order valence-electron chi connectivity index (χ3n) is 10.9. The Morgan fingerprint density at radius 3 is 1.19 bits per heavy atom. The molecule has 0 rings (SSSR count). The van der Waals surface area contributed by atoms with Gasteiger partial charge < -0.3 is 14.6 Å². The van der Waals surface area contributed by atoms with Crippen LogP contribution in [0.2, 0.25) is 0 Å². The molecule has 0 aliphatic heterocycles. The number of rotatable bonds is 46. The number of hydrogen-bond donors (Lipinski definition) is 1. The molecule has 1 N–H and O–H groups in total. The molecule has 0 aromatic heterocycles. The minimum Gasteiger partial charge on any atom is -0.457 e. The van der Waals surface area contributed by atoms with Crippen molar-refractivity contribution in [3.8, 4) is 0 Å². The van der Waals surface area contributed by atoms with Crippen LogP contribution in [-0.2, 0) is 14.3 Å². The molecule has 1 unspecified atom stereocenters. The summed E-state index contributed by atoms with van der Waals surface area (Å²) in [5, 5.41) is 9.65. The molecule has 0 aliphatic rings. The van der Waals surface area contributed by atoms with Crippen molar-refractivity contribution in [2.75, 3.05) is 19.8 Å². The van der Waals surface area contributed by atoms with Crippen LogP contribution in [0.15, 0.2) is 60.8 Å². The van der Waals surface area contributed by atoms with Gasteiger partial charge in [-0.1, -0.05) is 242 Å². The van der Waals surface area contributed by atoms with E-state index in [0.29, 0.717) is 19.6 Å². The molecule has 0 aromatic carbocycles. The van der Waals surface area contributed by atoms with E-state index in [4.69, 9.17) is 9.47 Å². The van der Waals surface area contributed by atoms with Gasteiger partial charge in [0.25, 0.3) is 0 Å².